The van der Waals surface area contributed by atoms with Crippen LogP contribution in [0.25, 0.3) is 6.08 Å². The zero-order valence-corrected chi connectivity index (χ0v) is 22.1. The van der Waals surface area contributed by atoms with Gasteiger partial charge in [-0.2, -0.15) is 0 Å². The van der Waals surface area contributed by atoms with E-state index in [1.807, 2.05) is 31.2 Å². The number of hydrogen-bond acceptors (Lipinski definition) is 8. The van der Waals surface area contributed by atoms with Crippen LogP contribution in [-0.4, -0.2) is 36.3 Å². The zero-order chi connectivity index (χ0) is 26.7. The normalized spacial score (nSPS) is 15.3. The first-order valence-corrected chi connectivity index (χ1v) is 12.7. The SMILES string of the molecule is CCOc1ccccc1C=c1sc2n(c1=O)C(c1ccc(C(=O)OC)cc1)C(C(=O)OC(C)C)=C(C)N=2. The Kier molecular flexibility index (Phi) is 7.73. The molecule has 3 aromatic rings. The summed E-state index contributed by atoms with van der Waals surface area (Å²) in [7, 11) is 1.31. The number of allylic oxidation sites excluding steroid dienone is 1. The molecule has 0 fully saturated rings. The molecular formula is C28H28N2O6S. The van der Waals surface area contributed by atoms with E-state index in [9.17, 15) is 14.4 Å². The summed E-state index contributed by atoms with van der Waals surface area (Å²) in [6.07, 6.45) is 1.42. The zero-order valence-electron chi connectivity index (χ0n) is 21.3. The summed E-state index contributed by atoms with van der Waals surface area (Å²) in [5, 5.41) is 0. The number of esters is 2. The van der Waals surface area contributed by atoms with Crippen LogP contribution in [0.4, 0.5) is 0 Å². The van der Waals surface area contributed by atoms with Gasteiger partial charge in [-0.15, -0.1) is 0 Å². The summed E-state index contributed by atoms with van der Waals surface area (Å²) < 4.78 is 18.0. The fourth-order valence-corrected chi connectivity index (χ4v) is 5.16. The van der Waals surface area contributed by atoms with Crippen molar-refractivity contribution in [2.24, 2.45) is 4.99 Å². The molecule has 0 saturated heterocycles. The van der Waals surface area contributed by atoms with Crippen molar-refractivity contribution in [2.75, 3.05) is 13.7 Å². The summed E-state index contributed by atoms with van der Waals surface area (Å²) in [5.74, 6) is -0.355. The molecule has 0 bridgehead atoms. The van der Waals surface area contributed by atoms with E-state index in [0.29, 0.717) is 38.5 Å². The molecule has 4 rings (SSSR count). The molecule has 0 N–H and O–H groups in total. The minimum atomic E-state index is -0.779. The lowest BCUT2D eigenvalue weighted by Gasteiger charge is -2.25. The van der Waals surface area contributed by atoms with Gasteiger partial charge in [0.25, 0.3) is 5.56 Å². The molecule has 0 saturated carbocycles. The Bertz CT molecular complexity index is 1550. The Balaban J connectivity index is 1.92. The van der Waals surface area contributed by atoms with Crippen LogP contribution in [0.3, 0.4) is 0 Å². The van der Waals surface area contributed by atoms with Crippen molar-refractivity contribution >= 4 is 29.4 Å². The van der Waals surface area contributed by atoms with Crippen LogP contribution < -0.4 is 19.6 Å². The number of fused-ring (bicyclic) bond motifs is 1. The highest BCUT2D eigenvalue weighted by atomic mass is 32.1. The van der Waals surface area contributed by atoms with Gasteiger partial charge in [0.1, 0.15) is 5.75 Å². The third-order valence-corrected chi connectivity index (χ3v) is 6.72. The number of benzene rings is 2. The molecule has 2 aromatic carbocycles. The van der Waals surface area contributed by atoms with Crippen LogP contribution in [0, 0.1) is 0 Å². The van der Waals surface area contributed by atoms with Crippen molar-refractivity contribution in [3.8, 4) is 5.75 Å². The van der Waals surface area contributed by atoms with E-state index in [-0.39, 0.29) is 17.2 Å². The molecule has 1 aliphatic rings. The van der Waals surface area contributed by atoms with Crippen molar-refractivity contribution in [1.82, 2.24) is 4.57 Å². The number of aromatic nitrogens is 1. The quantitative estimate of drug-likeness (QED) is 0.443. The van der Waals surface area contributed by atoms with Crippen LogP contribution in [0.1, 0.15) is 55.2 Å². The lowest BCUT2D eigenvalue weighted by molar-refractivity contribution is -0.143. The Morgan fingerprint density at radius 2 is 1.81 bits per heavy atom. The van der Waals surface area contributed by atoms with Crippen molar-refractivity contribution in [2.45, 2.75) is 39.8 Å². The molecule has 1 aliphatic heterocycles. The van der Waals surface area contributed by atoms with E-state index in [4.69, 9.17) is 14.2 Å². The summed E-state index contributed by atoms with van der Waals surface area (Å²) in [6, 6.07) is 13.3. The number of ether oxygens (including phenoxy) is 3. The van der Waals surface area contributed by atoms with Gasteiger partial charge < -0.3 is 14.2 Å². The number of methoxy groups -OCH3 is 1. The number of carbonyl (C=O) groups excluding carboxylic acids is 2. The maximum atomic E-state index is 13.8. The van der Waals surface area contributed by atoms with Crippen LogP contribution in [-0.2, 0) is 14.3 Å². The number of nitrogens with zero attached hydrogens (tertiary/aromatic N) is 2. The van der Waals surface area contributed by atoms with Gasteiger partial charge >= 0.3 is 11.9 Å². The predicted octanol–water partition coefficient (Wildman–Crippen LogP) is 3.37. The molecule has 1 unspecified atom stereocenters. The second kappa shape index (κ2) is 11.0. The topological polar surface area (TPSA) is 96.2 Å². The highest BCUT2D eigenvalue weighted by Gasteiger charge is 2.34. The van der Waals surface area contributed by atoms with Crippen LogP contribution in [0.15, 0.2) is 69.6 Å². The molecular weight excluding hydrogens is 492 g/mol. The van der Waals surface area contributed by atoms with Gasteiger partial charge in [0, 0.05) is 5.56 Å². The van der Waals surface area contributed by atoms with Gasteiger partial charge in [-0.3, -0.25) is 9.36 Å². The standard InChI is InChI=1S/C28H28N2O6S/c1-6-35-21-10-8-7-9-20(21)15-22-25(31)30-24(18-11-13-19(14-12-18)26(32)34-5)23(27(33)36-16(2)3)17(4)29-28(30)37-22/h7-16,24H,6H2,1-5H3. The van der Waals surface area contributed by atoms with Crippen molar-refractivity contribution in [3.63, 3.8) is 0 Å². The lowest BCUT2D eigenvalue weighted by atomic mass is 9.95. The largest absolute Gasteiger partial charge is 0.493 e. The number of rotatable bonds is 7. The minimum absolute atomic E-state index is 0.271. The van der Waals surface area contributed by atoms with Crippen molar-refractivity contribution < 1.29 is 23.8 Å². The molecule has 9 heteroatoms. The van der Waals surface area contributed by atoms with E-state index >= 15 is 0 Å². The van der Waals surface area contributed by atoms with Gasteiger partial charge in [0.2, 0.25) is 0 Å². The molecule has 2 heterocycles. The second-order valence-corrected chi connectivity index (χ2v) is 9.63. The van der Waals surface area contributed by atoms with E-state index in [1.54, 1.807) is 51.1 Å². The number of para-hydroxylation sites is 1. The number of carbonyl (C=O) groups is 2. The summed E-state index contributed by atoms with van der Waals surface area (Å²) in [4.78, 5) is 44.0. The molecule has 1 atom stereocenters. The Morgan fingerprint density at radius 3 is 2.46 bits per heavy atom. The van der Waals surface area contributed by atoms with Gasteiger partial charge in [-0.1, -0.05) is 41.7 Å². The predicted molar refractivity (Wildman–Crippen MR) is 140 cm³/mol. The van der Waals surface area contributed by atoms with Crippen LogP contribution in [0.5, 0.6) is 5.75 Å². The third-order valence-electron chi connectivity index (χ3n) is 5.74. The van der Waals surface area contributed by atoms with E-state index in [1.165, 1.54) is 23.0 Å². The van der Waals surface area contributed by atoms with Crippen LogP contribution in [0.2, 0.25) is 0 Å². The molecule has 37 heavy (non-hydrogen) atoms. The Hall–Kier alpha value is -3.98. The highest BCUT2D eigenvalue weighted by Crippen LogP contribution is 2.31. The van der Waals surface area contributed by atoms with Crippen molar-refractivity contribution in [3.05, 3.63) is 96.2 Å². The maximum absolute atomic E-state index is 13.8. The number of hydrogen-bond donors (Lipinski definition) is 0. The average Bonchev–Trinajstić information content (AvgIpc) is 3.17. The molecule has 0 spiro atoms. The Morgan fingerprint density at radius 1 is 1.11 bits per heavy atom. The van der Waals surface area contributed by atoms with E-state index < -0.39 is 18.0 Å². The molecule has 192 valence electrons. The second-order valence-electron chi connectivity index (χ2n) is 8.62. The molecule has 0 amide bonds. The van der Waals surface area contributed by atoms with E-state index in [0.717, 1.165) is 5.56 Å². The van der Waals surface area contributed by atoms with Crippen molar-refractivity contribution in [1.29, 1.82) is 0 Å². The minimum Gasteiger partial charge on any atom is -0.493 e. The first kappa shape index (κ1) is 26.1. The first-order valence-electron chi connectivity index (χ1n) is 11.9. The van der Waals surface area contributed by atoms with Gasteiger partial charge in [-0.25, -0.2) is 14.6 Å². The molecule has 0 aliphatic carbocycles. The monoisotopic (exact) mass is 520 g/mol. The van der Waals surface area contributed by atoms with Gasteiger partial charge in [0.05, 0.1) is 47.2 Å². The van der Waals surface area contributed by atoms with Gasteiger partial charge in [-0.05, 0) is 57.5 Å². The fourth-order valence-electron chi connectivity index (χ4n) is 4.12. The highest BCUT2D eigenvalue weighted by molar-refractivity contribution is 7.07. The summed E-state index contributed by atoms with van der Waals surface area (Å²) in [5.41, 5.74) is 2.21. The lowest BCUT2D eigenvalue weighted by Crippen LogP contribution is -2.40. The molecule has 0 radical (unpaired) electrons. The molecule has 8 nitrogen and oxygen atoms in total. The summed E-state index contributed by atoms with van der Waals surface area (Å²) in [6.45, 7) is 7.65. The fraction of sp³-hybridized carbons (Fsp3) is 0.286. The average molecular weight is 521 g/mol. The van der Waals surface area contributed by atoms with Gasteiger partial charge in [0.15, 0.2) is 4.80 Å². The number of thiazole rings is 1. The van der Waals surface area contributed by atoms with E-state index in [2.05, 4.69) is 4.99 Å². The maximum Gasteiger partial charge on any atom is 0.338 e. The molecule has 1 aromatic heterocycles. The summed E-state index contributed by atoms with van der Waals surface area (Å²) >= 11 is 1.24. The first-order chi connectivity index (χ1) is 17.7. The Labute approximate surface area is 218 Å². The van der Waals surface area contributed by atoms with Crippen LogP contribution >= 0.6 is 11.3 Å². The third kappa shape index (κ3) is 5.27. The smallest absolute Gasteiger partial charge is 0.338 e.